The Bertz CT molecular complexity index is 421. The summed E-state index contributed by atoms with van der Waals surface area (Å²) in [5.74, 6) is -0.176. The SMILES string of the molecule is CCOC(=O)CN(Cc1cccnc1Cl)C1CC1. The Morgan fingerprint density at radius 3 is 3.00 bits per heavy atom. The summed E-state index contributed by atoms with van der Waals surface area (Å²) >= 11 is 6.04. The van der Waals surface area contributed by atoms with Crippen LogP contribution in [-0.4, -0.2) is 35.0 Å². The summed E-state index contributed by atoms with van der Waals surface area (Å²) in [6.45, 7) is 3.21. The highest BCUT2D eigenvalue weighted by molar-refractivity contribution is 6.30. The number of pyridine rings is 1. The Morgan fingerprint density at radius 2 is 2.39 bits per heavy atom. The molecule has 0 spiro atoms. The van der Waals surface area contributed by atoms with Crippen molar-refractivity contribution in [2.24, 2.45) is 0 Å². The first-order valence-corrected chi connectivity index (χ1v) is 6.57. The summed E-state index contributed by atoms with van der Waals surface area (Å²) in [5, 5.41) is 0.506. The van der Waals surface area contributed by atoms with Gasteiger partial charge in [0.05, 0.1) is 13.2 Å². The van der Waals surface area contributed by atoms with Crippen LogP contribution in [0.3, 0.4) is 0 Å². The topological polar surface area (TPSA) is 42.4 Å². The molecule has 0 bridgehead atoms. The molecule has 1 aliphatic rings. The second kappa shape index (κ2) is 6.16. The van der Waals surface area contributed by atoms with Crippen molar-refractivity contribution >= 4 is 17.6 Å². The fourth-order valence-electron chi connectivity index (χ4n) is 1.88. The van der Waals surface area contributed by atoms with Crippen molar-refractivity contribution in [1.82, 2.24) is 9.88 Å². The van der Waals surface area contributed by atoms with Crippen LogP contribution in [0.5, 0.6) is 0 Å². The maximum Gasteiger partial charge on any atom is 0.320 e. The predicted octanol–water partition coefficient (Wildman–Crippen LogP) is 2.26. The van der Waals surface area contributed by atoms with E-state index >= 15 is 0 Å². The molecule has 18 heavy (non-hydrogen) atoms. The Morgan fingerprint density at radius 1 is 1.61 bits per heavy atom. The molecular formula is C13H17ClN2O2. The number of aromatic nitrogens is 1. The molecule has 0 aliphatic heterocycles. The molecule has 0 atom stereocenters. The molecule has 1 aliphatic carbocycles. The van der Waals surface area contributed by atoms with E-state index in [1.54, 1.807) is 6.20 Å². The van der Waals surface area contributed by atoms with Gasteiger partial charge in [-0.15, -0.1) is 0 Å². The summed E-state index contributed by atoms with van der Waals surface area (Å²) in [6, 6.07) is 4.28. The number of nitrogens with zero attached hydrogens (tertiary/aromatic N) is 2. The maximum absolute atomic E-state index is 11.5. The molecule has 1 aromatic rings. The lowest BCUT2D eigenvalue weighted by atomic mass is 10.2. The molecule has 1 aromatic heterocycles. The van der Waals surface area contributed by atoms with Gasteiger partial charge in [-0.1, -0.05) is 17.7 Å². The first-order valence-electron chi connectivity index (χ1n) is 6.19. The molecular weight excluding hydrogens is 252 g/mol. The molecule has 0 radical (unpaired) electrons. The van der Waals surface area contributed by atoms with E-state index in [1.807, 2.05) is 19.1 Å². The summed E-state index contributed by atoms with van der Waals surface area (Å²) in [4.78, 5) is 17.7. The van der Waals surface area contributed by atoms with Gasteiger partial charge < -0.3 is 4.74 Å². The second-order valence-corrected chi connectivity index (χ2v) is 4.75. The van der Waals surface area contributed by atoms with Crippen molar-refractivity contribution in [3.05, 3.63) is 29.0 Å². The summed E-state index contributed by atoms with van der Waals surface area (Å²) < 4.78 is 4.99. The number of carbonyl (C=O) groups is 1. The van der Waals surface area contributed by atoms with Gasteiger partial charge in [-0.25, -0.2) is 4.98 Å². The van der Waals surface area contributed by atoms with Gasteiger partial charge in [0.25, 0.3) is 0 Å². The lowest BCUT2D eigenvalue weighted by Gasteiger charge is -2.21. The largest absolute Gasteiger partial charge is 0.465 e. The van der Waals surface area contributed by atoms with Crippen molar-refractivity contribution in [3.8, 4) is 0 Å². The van der Waals surface area contributed by atoms with Gasteiger partial charge in [0.15, 0.2) is 0 Å². The first-order chi connectivity index (χ1) is 8.70. The summed E-state index contributed by atoms with van der Waals surface area (Å²) in [7, 11) is 0. The lowest BCUT2D eigenvalue weighted by molar-refractivity contribution is -0.144. The molecule has 2 rings (SSSR count). The van der Waals surface area contributed by atoms with E-state index in [4.69, 9.17) is 16.3 Å². The molecule has 0 amide bonds. The first kappa shape index (κ1) is 13.3. The lowest BCUT2D eigenvalue weighted by Crippen LogP contribution is -2.32. The molecule has 0 N–H and O–H groups in total. The Labute approximate surface area is 112 Å². The van der Waals surface area contributed by atoms with Gasteiger partial charge in [0.1, 0.15) is 5.15 Å². The standard InChI is InChI=1S/C13H17ClN2O2/c1-2-18-12(17)9-16(11-5-6-11)8-10-4-3-7-15-13(10)14/h3-4,7,11H,2,5-6,8-9H2,1H3. The fraction of sp³-hybridized carbons (Fsp3) is 0.538. The quantitative estimate of drug-likeness (QED) is 0.586. The van der Waals surface area contributed by atoms with Crippen molar-refractivity contribution in [2.45, 2.75) is 32.4 Å². The second-order valence-electron chi connectivity index (χ2n) is 4.39. The van der Waals surface area contributed by atoms with Gasteiger partial charge in [-0.05, 0) is 25.8 Å². The fourth-order valence-corrected chi connectivity index (χ4v) is 2.06. The smallest absolute Gasteiger partial charge is 0.320 e. The van der Waals surface area contributed by atoms with Gasteiger partial charge in [-0.2, -0.15) is 0 Å². The third-order valence-electron chi connectivity index (χ3n) is 2.91. The van der Waals surface area contributed by atoms with Crippen LogP contribution in [0.4, 0.5) is 0 Å². The van der Waals surface area contributed by atoms with Crippen LogP contribution < -0.4 is 0 Å². The molecule has 0 aromatic carbocycles. The number of ether oxygens (including phenoxy) is 1. The highest BCUT2D eigenvalue weighted by Gasteiger charge is 2.31. The zero-order chi connectivity index (χ0) is 13.0. The minimum absolute atomic E-state index is 0.176. The third kappa shape index (κ3) is 3.68. The van der Waals surface area contributed by atoms with E-state index in [-0.39, 0.29) is 5.97 Å². The molecule has 0 unspecified atom stereocenters. The van der Waals surface area contributed by atoms with E-state index < -0.39 is 0 Å². The summed E-state index contributed by atoms with van der Waals surface area (Å²) in [5.41, 5.74) is 0.954. The maximum atomic E-state index is 11.5. The highest BCUT2D eigenvalue weighted by atomic mass is 35.5. The zero-order valence-electron chi connectivity index (χ0n) is 10.4. The number of carbonyl (C=O) groups excluding carboxylic acids is 1. The average molecular weight is 269 g/mol. The Kier molecular flexibility index (Phi) is 4.55. The zero-order valence-corrected chi connectivity index (χ0v) is 11.2. The predicted molar refractivity (Wildman–Crippen MR) is 69.3 cm³/mol. The van der Waals surface area contributed by atoms with E-state index in [2.05, 4.69) is 9.88 Å². The molecule has 0 saturated heterocycles. The molecule has 1 saturated carbocycles. The van der Waals surface area contributed by atoms with E-state index in [9.17, 15) is 4.79 Å². The minimum atomic E-state index is -0.176. The highest BCUT2D eigenvalue weighted by Crippen LogP contribution is 2.29. The molecule has 4 nitrogen and oxygen atoms in total. The van der Waals surface area contributed by atoms with Crippen LogP contribution in [0.25, 0.3) is 0 Å². The van der Waals surface area contributed by atoms with Crippen LogP contribution in [-0.2, 0) is 16.1 Å². The van der Waals surface area contributed by atoms with Crippen molar-refractivity contribution < 1.29 is 9.53 Å². The van der Waals surface area contributed by atoms with Crippen LogP contribution >= 0.6 is 11.6 Å². The molecule has 1 fully saturated rings. The van der Waals surface area contributed by atoms with E-state index in [0.29, 0.717) is 30.9 Å². The molecule has 98 valence electrons. The van der Waals surface area contributed by atoms with Crippen molar-refractivity contribution in [2.75, 3.05) is 13.2 Å². The van der Waals surface area contributed by atoms with Crippen LogP contribution in [0.15, 0.2) is 18.3 Å². The van der Waals surface area contributed by atoms with Gasteiger partial charge >= 0.3 is 5.97 Å². The third-order valence-corrected chi connectivity index (χ3v) is 3.25. The number of hydrogen-bond donors (Lipinski definition) is 0. The Hall–Kier alpha value is -1.13. The number of hydrogen-bond acceptors (Lipinski definition) is 4. The Balaban J connectivity index is 1.98. The molecule has 5 heteroatoms. The van der Waals surface area contributed by atoms with Gasteiger partial charge in [-0.3, -0.25) is 9.69 Å². The van der Waals surface area contributed by atoms with Crippen LogP contribution in [0.2, 0.25) is 5.15 Å². The number of halogens is 1. The van der Waals surface area contributed by atoms with Crippen molar-refractivity contribution in [3.63, 3.8) is 0 Å². The minimum Gasteiger partial charge on any atom is -0.465 e. The number of esters is 1. The normalized spacial score (nSPS) is 14.8. The van der Waals surface area contributed by atoms with Crippen LogP contribution in [0.1, 0.15) is 25.3 Å². The van der Waals surface area contributed by atoms with E-state index in [0.717, 1.165) is 18.4 Å². The van der Waals surface area contributed by atoms with Crippen molar-refractivity contribution in [1.29, 1.82) is 0 Å². The van der Waals surface area contributed by atoms with Gasteiger partial charge in [0.2, 0.25) is 0 Å². The molecule has 1 heterocycles. The van der Waals surface area contributed by atoms with Gasteiger partial charge in [0, 0.05) is 24.3 Å². The number of rotatable bonds is 6. The average Bonchev–Trinajstić information content (AvgIpc) is 3.15. The monoisotopic (exact) mass is 268 g/mol. The summed E-state index contributed by atoms with van der Waals surface area (Å²) in [6.07, 6.45) is 3.94. The van der Waals surface area contributed by atoms with Crippen LogP contribution in [0, 0.1) is 0 Å². The van der Waals surface area contributed by atoms with E-state index in [1.165, 1.54) is 0 Å².